The fraction of sp³-hybridized carbons (Fsp3) is 0.368. The highest BCUT2D eigenvalue weighted by Gasteiger charge is 2.29. The Hall–Kier alpha value is -2.29. The largest absolute Gasteiger partial charge is 0.339 e. The fourth-order valence-corrected chi connectivity index (χ4v) is 4.39. The van der Waals surface area contributed by atoms with Crippen LogP contribution in [0.25, 0.3) is 0 Å². The smallest absolute Gasteiger partial charge is 0.243 e. The number of aromatic nitrogens is 1. The van der Waals surface area contributed by atoms with Crippen LogP contribution in [-0.4, -0.2) is 61.2 Å². The zero-order valence-electron chi connectivity index (χ0n) is 15.3. The summed E-state index contributed by atoms with van der Waals surface area (Å²) >= 11 is 0. The van der Waals surface area contributed by atoms with Crippen molar-refractivity contribution in [3.05, 3.63) is 59.9 Å². The number of carbonyl (C=O) groups is 1. The molecule has 0 aliphatic carbocycles. The van der Waals surface area contributed by atoms with Gasteiger partial charge in [0, 0.05) is 45.1 Å². The molecule has 0 radical (unpaired) electrons. The Morgan fingerprint density at radius 1 is 1.11 bits per heavy atom. The van der Waals surface area contributed by atoms with Gasteiger partial charge in [-0.1, -0.05) is 23.8 Å². The van der Waals surface area contributed by atoms with Crippen LogP contribution in [0.15, 0.2) is 53.7 Å². The van der Waals surface area contributed by atoms with E-state index in [0.717, 1.165) is 11.1 Å². The van der Waals surface area contributed by atoms with E-state index < -0.39 is 10.0 Å². The highest BCUT2D eigenvalue weighted by Crippen LogP contribution is 2.18. The first kappa shape index (κ1) is 19.5. The Morgan fingerprint density at radius 2 is 1.81 bits per heavy atom. The second-order valence-corrected chi connectivity index (χ2v) is 8.50. The summed E-state index contributed by atoms with van der Waals surface area (Å²) in [5.74, 6) is -0.0220. The lowest BCUT2D eigenvalue weighted by Gasteiger charge is -2.34. The van der Waals surface area contributed by atoms with E-state index in [9.17, 15) is 13.2 Å². The molecule has 0 bridgehead atoms. The van der Waals surface area contributed by atoms with E-state index >= 15 is 0 Å². The third-order valence-corrected chi connectivity index (χ3v) is 6.49. The molecule has 3 rings (SSSR count). The molecule has 0 saturated carbocycles. The predicted molar refractivity (Wildman–Crippen MR) is 102 cm³/mol. The normalized spacial score (nSPS) is 15.7. The molecule has 1 aliphatic heterocycles. The van der Waals surface area contributed by atoms with Gasteiger partial charge in [-0.15, -0.1) is 0 Å². The Balaban J connectivity index is 1.49. The summed E-state index contributed by atoms with van der Waals surface area (Å²) in [6.07, 6.45) is 3.46. The number of sulfonamides is 1. The number of amides is 1. The standard InChI is InChI=1S/C19H24N4O3S/c1-16-4-6-18(7-5-16)27(25,26)23-11-9-22(10-12-23)19(24)15-21-14-17-3-2-8-20-13-17/h2-8,13,21H,9-12,14-15H2,1H3. The first-order valence-electron chi connectivity index (χ1n) is 8.91. The van der Waals surface area contributed by atoms with E-state index in [0.29, 0.717) is 37.6 Å². The number of nitrogens with one attached hydrogen (secondary N) is 1. The van der Waals surface area contributed by atoms with E-state index in [-0.39, 0.29) is 12.5 Å². The lowest BCUT2D eigenvalue weighted by molar-refractivity contribution is -0.131. The van der Waals surface area contributed by atoms with Gasteiger partial charge in [0.15, 0.2) is 0 Å². The fourth-order valence-electron chi connectivity index (χ4n) is 2.97. The summed E-state index contributed by atoms with van der Waals surface area (Å²) in [5, 5.41) is 3.11. The second kappa shape index (κ2) is 8.60. The number of carbonyl (C=O) groups excluding carboxylic acids is 1. The molecule has 1 saturated heterocycles. The van der Waals surface area contributed by atoms with Crippen molar-refractivity contribution >= 4 is 15.9 Å². The molecular formula is C19H24N4O3S. The molecule has 1 aromatic heterocycles. The summed E-state index contributed by atoms with van der Waals surface area (Å²) in [4.78, 5) is 18.4. The van der Waals surface area contributed by atoms with Crippen molar-refractivity contribution < 1.29 is 13.2 Å². The van der Waals surface area contributed by atoms with Gasteiger partial charge in [0.25, 0.3) is 0 Å². The van der Waals surface area contributed by atoms with Gasteiger partial charge < -0.3 is 10.2 Å². The number of hydrogen-bond acceptors (Lipinski definition) is 5. The molecule has 1 amide bonds. The monoisotopic (exact) mass is 388 g/mol. The predicted octanol–water partition coefficient (Wildman–Crippen LogP) is 1.01. The topological polar surface area (TPSA) is 82.6 Å². The Kier molecular flexibility index (Phi) is 6.20. The van der Waals surface area contributed by atoms with Gasteiger partial charge in [-0.2, -0.15) is 4.31 Å². The van der Waals surface area contributed by atoms with Crippen molar-refractivity contribution in [2.24, 2.45) is 0 Å². The van der Waals surface area contributed by atoms with Crippen LogP contribution in [0.4, 0.5) is 0 Å². The number of rotatable bonds is 6. The number of hydrogen-bond donors (Lipinski definition) is 1. The molecule has 144 valence electrons. The molecule has 0 spiro atoms. The Morgan fingerprint density at radius 3 is 2.44 bits per heavy atom. The van der Waals surface area contributed by atoms with Crippen molar-refractivity contribution in [2.75, 3.05) is 32.7 Å². The minimum Gasteiger partial charge on any atom is -0.339 e. The number of aryl methyl sites for hydroxylation is 1. The van der Waals surface area contributed by atoms with Gasteiger partial charge in [-0.25, -0.2) is 8.42 Å². The molecule has 2 aromatic rings. The molecule has 1 N–H and O–H groups in total. The van der Waals surface area contributed by atoms with Gasteiger partial charge in [0.2, 0.25) is 15.9 Å². The minimum absolute atomic E-state index is 0.0220. The first-order valence-corrected chi connectivity index (χ1v) is 10.3. The Bertz CT molecular complexity index is 862. The SMILES string of the molecule is Cc1ccc(S(=O)(=O)N2CCN(C(=O)CNCc3cccnc3)CC2)cc1. The van der Waals surface area contributed by atoms with Crippen molar-refractivity contribution in [1.82, 2.24) is 19.5 Å². The van der Waals surface area contributed by atoms with Gasteiger partial charge in [0.1, 0.15) is 0 Å². The molecule has 2 heterocycles. The van der Waals surface area contributed by atoms with Crippen molar-refractivity contribution in [3.63, 3.8) is 0 Å². The quantitative estimate of drug-likeness (QED) is 0.799. The first-order chi connectivity index (χ1) is 13.0. The van der Waals surface area contributed by atoms with Crippen LogP contribution < -0.4 is 5.32 Å². The van der Waals surface area contributed by atoms with Crippen LogP contribution >= 0.6 is 0 Å². The van der Waals surface area contributed by atoms with E-state index in [1.807, 2.05) is 19.1 Å². The van der Waals surface area contributed by atoms with Crippen LogP contribution in [0.5, 0.6) is 0 Å². The van der Waals surface area contributed by atoms with Gasteiger partial charge >= 0.3 is 0 Å². The summed E-state index contributed by atoms with van der Waals surface area (Å²) in [7, 11) is -3.51. The molecule has 1 aromatic carbocycles. The highest BCUT2D eigenvalue weighted by atomic mass is 32.2. The third kappa shape index (κ3) is 4.91. The zero-order chi connectivity index (χ0) is 19.3. The molecule has 0 unspecified atom stereocenters. The summed E-state index contributed by atoms with van der Waals surface area (Å²) in [5.41, 5.74) is 2.03. The molecule has 7 nitrogen and oxygen atoms in total. The van der Waals surface area contributed by atoms with Crippen LogP contribution in [0.2, 0.25) is 0 Å². The molecule has 0 atom stereocenters. The zero-order valence-corrected chi connectivity index (χ0v) is 16.2. The molecule has 27 heavy (non-hydrogen) atoms. The number of piperazine rings is 1. The summed E-state index contributed by atoms with van der Waals surface area (Å²) in [6.45, 7) is 4.14. The van der Waals surface area contributed by atoms with Crippen LogP contribution in [-0.2, 0) is 21.4 Å². The maximum absolute atomic E-state index is 12.7. The lowest BCUT2D eigenvalue weighted by atomic mass is 10.2. The average molecular weight is 388 g/mol. The summed E-state index contributed by atoms with van der Waals surface area (Å²) in [6, 6.07) is 10.6. The van der Waals surface area contributed by atoms with E-state index in [1.54, 1.807) is 41.6 Å². The molecule has 8 heteroatoms. The van der Waals surface area contributed by atoms with Crippen LogP contribution in [0, 0.1) is 6.92 Å². The van der Waals surface area contributed by atoms with Gasteiger partial charge in [-0.3, -0.25) is 9.78 Å². The average Bonchev–Trinajstić information content (AvgIpc) is 2.69. The number of nitrogens with zero attached hydrogens (tertiary/aromatic N) is 3. The molecule has 1 aliphatic rings. The maximum atomic E-state index is 12.7. The van der Waals surface area contributed by atoms with Crippen molar-refractivity contribution in [2.45, 2.75) is 18.4 Å². The van der Waals surface area contributed by atoms with Crippen LogP contribution in [0.3, 0.4) is 0 Å². The summed E-state index contributed by atoms with van der Waals surface area (Å²) < 4.78 is 26.9. The third-order valence-electron chi connectivity index (χ3n) is 4.58. The number of benzene rings is 1. The minimum atomic E-state index is -3.51. The van der Waals surface area contributed by atoms with E-state index in [4.69, 9.17) is 0 Å². The molecular weight excluding hydrogens is 364 g/mol. The van der Waals surface area contributed by atoms with Gasteiger partial charge in [0.05, 0.1) is 11.4 Å². The van der Waals surface area contributed by atoms with Crippen molar-refractivity contribution in [1.29, 1.82) is 0 Å². The van der Waals surface area contributed by atoms with Crippen molar-refractivity contribution in [3.8, 4) is 0 Å². The van der Waals surface area contributed by atoms with E-state index in [1.165, 1.54) is 4.31 Å². The number of pyridine rings is 1. The second-order valence-electron chi connectivity index (χ2n) is 6.56. The maximum Gasteiger partial charge on any atom is 0.243 e. The van der Waals surface area contributed by atoms with E-state index in [2.05, 4.69) is 10.3 Å². The Labute approximate surface area is 160 Å². The van der Waals surface area contributed by atoms with Crippen LogP contribution in [0.1, 0.15) is 11.1 Å². The lowest BCUT2D eigenvalue weighted by Crippen LogP contribution is -2.52. The van der Waals surface area contributed by atoms with Gasteiger partial charge in [-0.05, 0) is 30.7 Å². The highest BCUT2D eigenvalue weighted by molar-refractivity contribution is 7.89. The molecule has 1 fully saturated rings.